The van der Waals surface area contributed by atoms with E-state index in [1.54, 1.807) is 24.8 Å². The number of hydrogen-bond acceptors (Lipinski definition) is 4. The zero-order valence-electron chi connectivity index (χ0n) is 19.1. The second-order valence-corrected chi connectivity index (χ2v) is 17.1. The summed E-state index contributed by atoms with van der Waals surface area (Å²) >= 11 is 0. The van der Waals surface area contributed by atoms with E-state index in [9.17, 15) is 9.59 Å². The fourth-order valence-corrected chi connectivity index (χ4v) is 9.82. The molecule has 2 N–H and O–H groups in total. The smallest absolute Gasteiger partial charge is 0.230 e. The van der Waals surface area contributed by atoms with Crippen molar-refractivity contribution in [2.24, 2.45) is 16.7 Å². The zero-order chi connectivity index (χ0) is 22.6. The molecular formula is C25H32N4O2Si. The van der Waals surface area contributed by atoms with Gasteiger partial charge in [0.25, 0.3) is 0 Å². The van der Waals surface area contributed by atoms with Crippen LogP contribution in [-0.2, 0) is 9.59 Å². The lowest BCUT2D eigenvalue weighted by molar-refractivity contribution is -0.159. The number of nitrogens with zero attached hydrogens (tertiary/aromatic N) is 2. The Kier molecular flexibility index (Phi) is 4.82. The van der Waals surface area contributed by atoms with Crippen molar-refractivity contribution in [3.63, 3.8) is 0 Å². The van der Waals surface area contributed by atoms with E-state index in [1.807, 2.05) is 24.3 Å². The van der Waals surface area contributed by atoms with Crippen LogP contribution in [0.4, 0.5) is 11.4 Å². The van der Waals surface area contributed by atoms with E-state index in [4.69, 9.17) is 0 Å². The largest absolute Gasteiger partial charge is 0.324 e. The average Bonchev–Trinajstić information content (AvgIpc) is 2.73. The Bertz CT molecular complexity index is 967. The van der Waals surface area contributed by atoms with Crippen LogP contribution >= 0.6 is 0 Å². The van der Waals surface area contributed by atoms with Crippen molar-refractivity contribution in [1.29, 1.82) is 0 Å². The van der Waals surface area contributed by atoms with Crippen LogP contribution in [0, 0.1) is 16.7 Å². The predicted molar refractivity (Wildman–Crippen MR) is 128 cm³/mol. The Morgan fingerprint density at radius 1 is 0.844 bits per heavy atom. The molecule has 2 unspecified atom stereocenters. The first-order valence-electron chi connectivity index (χ1n) is 11.6. The number of hydrogen-bond donors (Lipinski definition) is 2. The third kappa shape index (κ3) is 3.38. The highest BCUT2D eigenvalue weighted by Crippen LogP contribution is 2.75. The van der Waals surface area contributed by atoms with E-state index < -0.39 is 18.9 Å². The van der Waals surface area contributed by atoms with Gasteiger partial charge < -0.3 is 10.6 Å². The predicted octanol–water partition coefficient (Wildman–Crippen LogP) is 5.10. The molecule has 4 aliphatic rings. The normalized spacial score (nSPS) is 33.0. The fraction of sp³-hybridized carbons (Fsp3) is 0.520. The van der Waals surface area contributed by atoms with Crippen molar-refractivity contribution in [1.82, 2.24) is 9.97 Å². The molecule has 2 atom stereocenters. The van der Waals surface area contributed by atoms with E-state index in [-0.39, 0.29) is 16.9 Å². The van der Waals surface area contributed by atoms with Gasteiger partial charge in [0.05, 0.1) is 42.7 Å². The molecule has 32 heavy (non-hydrogen) atoms. The van der Waals surface area contributed by atoms with Crippen molar-refractivity contribution in [2.75, 3.05) is 10.6 Å². The molecule has 0 spiro atoms. The number of rotatable bonds is 5. The molecule has 0 radical (unpaired) electrons. The van der Waals surface area contributed by atoms with E-state index in [0.29, 0.717) is 12.3 Å². The molecule has 0 saturated heterocycles. The quantitative estimate of drug-likeness (QED) is 0.623. The van der Waals surface area contributed by atoms with Crippen molar-refractivity contribution >= 4 is 31.3 Å². The standard InChI is InChI=1S/C25H32N4O2Si/c1-32(2,3)25-12-18-10-23(16-25,21(30)28-19-6-4-8-26-13-19)15-24(11-18,17-25)22(31)29-20-7-5-9-27-14-20/h4-9,13-14,18H,10-12,15-17H2,1-3H3,(H,28,30)(H,29,31). The summed E-state index contributed by atoms with van der Waals surface area (Å²) in [6.45, 7) is 7.25. The zero-order valence-corrected chi connectivity index (χ0v) is 20.1. The Hall–Kier alpha value is -2.54. The molecule has 4 fully saturated rings. The Morgan fingerprint density at radius 2 is 1.34 bits per heavy atom. The molecule has 4 saturated carbocycles. The number of nitrogens with one attached hydrogen (secondary N) is 2. The highest BCUT2D eigenvalue weighted by atomic mass is 28.3. The van der Waals surface area contributed by atoms with Crippen molar-refractivity contribution in [2.45, 2.75) is 63.2 Å². The topological polar surface area (TPSA) is 84.0 Å². The van der Waals surface area contributed by atoms with Crippen LogP contribution in [0.25, 0.3) is 0 Å². The van der Waals surface area contributed by atoms with Crippen LogP contribution in [0.2, 0.25) is 24.7 Å². The van der Waals surface area contributed by atoms with Gasteiger partial charge in [-0.15, -0.1) is 0 Å². The molecule has 2 amide bonds. The summed E-state index contributed by atoms with van der Waals surface area (Å²) in [7, 11) is -1.66. The maximum Gasteiger partial charge on any atom is 0.230 e. The average molecular weight is 449 g/mol. The molecular weight excluding hydrogens is 416 g/mol. The summed E-state index contributed by atoms with van der Waals surface area (Å²) < 4.78 is 0. The first-order chi connectivity index (χ1) is 15.2. The molecule has 7 heteroatoms. The second kappa shape index (κ2) is 7.23. The molecule has 6 rings (SSSR count). The molecule has 168 valence electrons. The lowest BCUT2D eigenvalue weighted by atomic mass is 9.43. The van der Waals surface area contributed by atoms with Gasteiger partial charge in [0.1, 0.15) is 0 Å². The summed E-state index contributed by atoms with van der Waals surface area (Å²) in [5.74, 6) is 0.545. The molecule has 2 aromatic rings. The van der Waals surface area contributed by atoms with E-state index in [1.165, 1.54) is 0 Å². The first-order valence-corrected chi connectivity index (χ1v) is 15.1. The molecule has 0 aromatic carbocycles. The van der Waals surface area contributed by atoms with Crippen LogP contribution < -0.4 is 10.6 Å². The van der Waals surface area contributed by atoms with Gasteiger partial charge in [0.2, 0.25) is 11.8 Å². The third-order valence-corrected chi connectivity index (χ3v) is 12.2. The maximum absolute atomic E-state index is 13.8. The van der Waals surface area contributed by atoms with Crippen molar-refractivity contribution < 1.29 is 9.59 Å². The Morgan fingerprint density at radius 3 is 1.75 bits per heavy atom. The third-order valence-electron chi connectivity index (χ3n) is 8.46. The molecule has 2 heterocycles. The first kappa shape index (κ1) is 21.3. The number of amides is 2. The minimum atomic E-state index is -1.66. The molecule has 4 aliphatic carbocycles. The van der Waals surface area contributed by atoms with Gasteiger partial charge in [-0.05, 0) is 73.7 Å². The maximum atomic E-state index is 13.8. The van der Waals surface area contributed by atoms with Crippen molar-refractivity contribution in [3.05, 3.63) is 49.1 Å². The summed E-state index contributed by atoms with van der Waals surface area (Å²) in [6, 6.07) is 7.43. The highest BCUT2D eigenvalue weighted by molar-refractivity contribution is 6.79. The summed E-state index contributed by atoms with van der Waals surface area (Å²) in [6.07, 6.45) is 12.2. The molecule has 6 nitrogen and oxygen atoms in total. The van der Waals surface area contributed by atoms with E-state index >= 15 is 0 Å². The highest BCUT2D eigenvalue weighted by Gasteiger charge is 2.70. The number of aromatic nitrogens is 2. The van der Waals surface area contributed by atoms with Gasteiger partial charge in [0.15, 0.2) is 0 Å². The minimum Gasteiger partial charge on any atom is -0.324 e. The van der Waals surface area contributed by atoms with E-state index in [0.717, 1.165) is 43.5 Å². The van der Waals surface area contributed by atoms with Gasteiger partial charge >= 0.3 is 0 Å². The van der Waals surface area contributed by atoms with Crippen LogP contribution in [0.15, 0.2) is 49.1 Å². The lowest BCUT2D eigenvalue weighted by Gasteiger charge is -2.68. The second-order valence-electron chi connectivity index (χ2n) is 11.5. The number of carbonyl (C=O) groups is 2. The van der Waals surface area contributed by atoms with Gasteiger partial charge in [0, 0.05) is 12.4 Å². The summed E-state index contributed by atoms with van der Waals surface area (Å²) in [4.78, 5) is 35.9. The number of carbonyl (C=O) groups excluding carboxylic acids is 2. The number of anilines is 2. The van der Waals surface area contributed by atoms with Gasteiger partial charge in [-0.2, -0.15) is 0 Å². The van der Waals surface area contributed by atoms with Crippen LogP contribution in [0.3, 0.4) is 0 Å². The van der Waals surface area contributed by atoms with E-state index in [2.05, 4.69) is 40.2 Å². The van der Waals surface area contributed by atoms with Crippen molar-refractivity contribution in [3.8, 4) is 0 Å². The monoisotopic (exact) mass is 448 g/mol. The van der Waals surface area contributed by atoms with Gasteiger partial charge in [-0.1, -0.05) is 19.6 Å². The van der Waals surface area contributed by atoms with Crippen LogP contribution in [-0.4, -0.2) is 29.9 Å². The van der Waals surface area contributed by atoms with Crippen LogP contribution in [0.1, 0.15) is 38.5 Å². The summed E-state index contributed by atoms with van der Waals surface area (Å²) in [5, 5.41) is 6.39. The Balaban J connectivity index is 1.52. The molecule has 2 aromatic heterocycles. The molecule has 4 bridgehead atoms. The SMILES string of the molecule is C[Si](C)(C)C12CC3CC(C(=O)Nc4cccnc4)(CC(C(=O)Nc4cccnc4)(C3)C1)C2. The molecule has 0 aliphatic heterocycles. The fourth-order valence-electron chi connectivity index (χ4n) is 7.18. The lowest BCUT2D eigenvalue weighted by Crippen LogP contribution is -2.65. The minimum absolute atomic E-state index is 0.0655. The van der Waals surface area contributed by atoms with Gasteiger partial charge in [-0.3, -0.25) is 19.6 Å². The Labute approximate surface area is 190 Å². The van der Waals surface area contributed by atoms with Crippen LogP contribution in [0.5, 0.6) is 0 Å². The number of pyridine rings is 2. The van der Waals surface area contributed by atoms with Gasteiger partial charge in [-0.25, -0.2) is 0 Å². The summed E-state index contributed by atoms with van der Waals surface area (Å²) in [5.41, 5.74) is 0.456.